The topological polar surface area (TPSA) is 66.9 Å². The molecular weight excluding hydrogens is 356 g/mol. The SMILES string of the molecule is CC.CC.CC.CC.CC.Cc1cccc(C#N)c1.Cc1cccc(C(N)=O)c1. The monoisotopic (exact) mass is 402 g/mol. The number of aryl methyl sites for hydroxylation is 2. The zero-order chi connectivity index (χ0) is 24.3. The number of nitriles is 1. The fourth-order valence-corrected chi connectivity index (χ4v) is 1.51. The lowest BCUT2D eigenvalue weighted by molar-refractivity contribution is 0.1000. The number of carbonyl (C=O) groups is 1. The summed E-state index contributed by atoms with van der Waals surface area (Å²) in [7, 11) is 0. The molecule has 3 heteroatoms. The quantitative estimate of drug-likeness (QED) is 0.523. The highest BCUT2D eigenvalue weighted by Gasteiger charge is 1.96. The Morgan fingerprint density at radius 1 is 0.724 bits per heavy atom. The Morgan fingerprint density at radius 3 is 1.34 bits per heavy atom. The third-order valence-electron chi connectivity index (χ3n) is 2.45. The maximum atomic E-state index is 10.6. The van der Waals surface area contributed by atoms with Gasteiger partial charge in [0.15, 0.2) is 0 Å². The normalized spacial score (nSPS) is 6.86. The molecule has 29 heavy (non-hydrogen) atoms. The van der Waals surface area contributed by atoms with Gasteiger partial charge in [0.05, 0.1) is 11.6 Å². The van der Waals surface area contributed by atoms with Crippen molar-refractivity contribution in [2.45, 2.75) is 83.1 Å². The molecule has 0 aromatic heterocycles. The summed E-state index contributed by atoms with van der Waals surface area (Å²) in [5.74, 6) is -0.372. The molecule has 0 aliphatic rings. The summed E-state index contributed by atoms with van der Waals surface area (Å²) in [6.45, 7) is 23.9. The van der Waals surface area contributed by atoms with Crippen molar-refractivity contribution in [1.29, 1.82) is 5.26 Å². The van der Waals surface area contributed by atoms with Gasteiger partial charge in [-0.3, -0.25) is 4.79 Å². The number of nitrogens with zero attached hydrogens (tertiary/aromatic N) is 1. The van der Waals surface area contributed by atoms with E-state index >= 15 is 0 Å². The van der Waals surface area contributed by atoms with Crippen molar-refractivity contribution in [2.24, 2.45) is 5.73 Å². The summed E-state index contributed by atoms with van der Waals surface area (Å²) in [5, 5.41) is 8.41. The van der Waals surface area contributed by atoms with Crippen LogP contribution in [0.15, 0.2) is 48.5 Å². The fraction of sp³-hybridized carbons (Fsp3) is 0.462. The highest BCUT2D eigenvalue weighted by molar-refractivity contribution is 5.92. The van der Waals surface area contributed by atoms with Crippen LogP contribution in [0.2, 0.25) is 0 Å². The van der Waals surface area contributed by atoms with Crippen LogP contribution in [-0.4, -0.2) is 5.91 Å². The van der Waals surface area contributed by atoms with Gasteiger partial charge >= 0.3 is 0 Å². The Bertz CT molecular complexity index is 614. The molecule has 0 fully saturated rings. The third-order valence-corrected chi connectivity index (χ3v) is 2.45. The lowest BCUT2D eigenvalue weighted by atomic mass is 10.1. The molecule has 2 rings (SSSR count). The Balaban J connectivity index is -0.0000000929. The summed E-state index contributed by atoms with van der Waals surface area (Å²) in [5.41, 5.74) is 8.53. The van der Waals surface area contributed by atoms with Crippen LogP contribution >= 0.6 is 0 Å². The molecule has 0 heterocycles. The van der Waals surface area contributed by atoms with Gasteiger partial charge in [0, 0.05) is 5.56 Å². The first-order chi connectivity index (χ1) is 14.0. The standard InChI is InChI=1S/C8H9NO.C8H7N.5C2H6/c1-6-3-2-4-7(5-6)8(9)10;1-7-3-2-4-8(5-7)6-9;5*1-2/h2-5H,1H3,(H2,9,10);2-5H,1H3;5*1-2H3. The number of carbonyl (C=O) groups excluding carboxylic acids is 1. The molecule has 2 aromatic rings. The van der Waals surface area contributed by atoms with E-state index in [1.165, 1.54) is 0 Å². The zero-order valence-electron chi connectivity index (χ0n) is 21.1. The molecule has 0 spiro atoms. The van der Waals surface area contributed by atoms with E-state index in [0.717, 1.165) is 16.7 Å². The predicted molar refractivity (Wildman–Crippen MR) is 132 cm³/mol. The number of hydrogen-bond acceptors (Lipinski definition) is 2. The van der Waals surface area contributed by atoms with Crippen LogP contribution < -0.4 is 5.73 Å². The van der Waals surface area contributed by atoms with E-state index < -0.39 is 0 Å². The predicted octanol–water partition coefficient (Wildman–Crippen LogP) is 8.09. The van der Waals surface area contributed by atoms with E-state index in [0.29, 0.717) is 5.56 Å². The molecule has 0 atom stereocenters. The average molecular weight is 403 g/mol. The average Bonchev–Trinajstić information content (AvgIpc) is 2.81. The highest BCUT2D eigenvalue weighted by atomic mass is 16.1. The molecule has 0 bridgehead atoms. The van der Waals surface area contributed by atoms with Crippen molar-refractivity contribution < 1.29 is 4.79 Å². The van der Waals surface area contributed by atoms with Crippen LogP contribution in [0.5, 0.6) is 0 Å². The number of amides is 1. The number of hydrogen-bond donors (Lipinski definition) is 1. The van der Waals surface area contributed by atoms with Gasteiger partial charge in [0.25, 0.3) is 0 Å². The third kappa shape index (κ3) is 25.4. The van der Waals surface area contributed by atoms with Gasteiger partial charge in [-0.2, -0.15) is 5.26 Å². The van der Waals surface area contributed by atoms with Crippen LogP contribution in [0, 0.1) is 25.2 Å². The zero-order valence-corrected chi connectivity index (χ0v) is 21.1. The van der Waals surface area contributed by atoms with Gasteiger partial charge in [0.1, 0.15) is 0 Å². The molecule has 2 aromatic carbocycles. The summed E-state index contributed by atoms with van der Waals surface area (Å²) in [4.78, 5) is 10.6. The van der Waals surface area contributed by atoms with E-state index in [1.54, 1.807) is 18.2 Å². The molecule has 0 aliphatic heterocycles. The number of nitrogens with two attached hydrogens (primary N) is 1. The Kier molecular flexibility index (Phi) is 42.3. The number of rotatable bonds is 1. The van der Waals surface area contributed by atoms with Gasteiger partial charge < -0.3 is 5.73 Å². The highest BCUT2D eigenvalue weighted by Crippen LogP contribution is 2.02. The molecule has 166 valence electrons. The van der Waals surface area contributed by atoms with Crippen LogP contribution in [0.4, 0.5) is 0 Å². The van der Waals surface area contributed by atoms with E-state index in [1.807, 2.05) is 113 Å². The Labute approximate surface area is 182 Å². The number of primary amides is 1. The first-order valence-electron chi connectivity index (χ1n) is 10.9. The molecular formula is C26H46N2O. The minimum absolute atomic E-state index is 0.372. The van der Waals surface area contributed by atoms with Crippen LogP contribution in [-0.2, 0) is 0 Å². The van der Waals surface area contributed by atoms with Crippen molar-refractivity contribution in [3.63, 3.8) is 0 Å². The maximum Gasteiger partial charge on any atom is 0.248 e. The summed E-state index contributed by atoms with van der Waals surface area (Å²) < 4.78 is 0. The smallest absolute Gasteiger partial charge is 0.248 e. The Hall–Kier alpha value is -2.60. The molecule has 1 amide bonds. The maximum absolute atomic E-state index is 10.6. The summed E-state index contributed by atoms with van der Waals surface area (Å²) in [6.07, 6.45) is 0. The van der Waals surface area contributed by atoms with Crippen molar-refractivity contribution >= 4 is 5.91 Å². The molecule has 0 aliphatic carbocycles. The van der Waals surface area contributed by atoms with Crippen molar-refractivity contribution in [2.75, 3.05) is 0 Å². The second kappa shape index (κ2) is 33.0. The van der Waals surface area contributed by atoms with Gasteiger partial charge in [-0.05, 0) is 43.7 Å². The van der Waals surface area contributed by atoms with Gasteiger partial charge in [-0.25, -0.2) is 0 Å². The first-order valence-corrected chi connectivity index (χ1v) is 10.9. The van der Waals surface area contributed by atoms with E-state index in [2.05, 4.69) is 6.07 Å². The van der Waals surface area contributed by atoms with E-state index in [9.17, 15) is 4.79 Å². The second-order valence-electron chi connectivity index (χ2n) is 4.22. The fourth-order valence-electron chi connectivity index (χ4n) is 1.51. The second-order valence-corrected chi connectivity index (χ2v) is 4.22. The summed E-state index contributed by atoms with van der Waals surface area (Å²) in [6, 6.07) is 16.8. The van der Waals surface area contributed by atoms with E-state index in [-0.39, 0.29) is 5.91 Å². The van der Waals surface area contributed by atoms with E-state index in [4.69, 9.17) is 11.0 Å². The van der Waals surface area contributed by atoms with Crippen molar-refractivity contribution in [1.82, 2.24) is 0 Å². The minimum Gasteiger partial charge on any atom is -0.366 e. The van der Waals surface area contributed by atoms with Gasteiger partial charge in [-0.15, -0.1) is 0 Å². The largest absolute Gasteiger partial charge is 0.366 e. The van der Waals surface area contributed by atoms with Crippen LogP contribution in [0.25, 0.3) is 0 Å². The molecule has 0 saturated heterocycles. The van der Waals surface area contributed by atoms with Crippen molar-refractivity contribution in [3.8, 4) is 6.07 Å². The summed E-state index contributed by atoms with van der Waals surface area (Å²) >= 11 is 0. The molecule has 0 unspecified atom stereocenters. The molecule has 3 nitrogen and oxygen atoms in total. The molecule has 0 saturated carbocycles. The Morgan fingerprint density at radius 2 is 1.10 bits per heavy atom. The lowest BCUT2D eigenvalue weighted by Crippen LogP contribution is -2.10. The van der Waals surface area contributed by atoms with Crippen LogP contribution in [0.3, 0.4) is 0 Å². The van der Waals surface area contributed by atoms with Crippen molar-refractivity contribution in [3.05, 3.63) is 70.8 Å². The molecule has 2 N–H and O–H groups in total. The number of benzene rings is 2. The van der Waals surface area contributed by atoms with Crippen LogP contribution in [0.1, 0.15) is 96.3 Å². The molecule has 0 radical (unpaired) electrons. The lowest BCUT2D eigenvalue weighted by Gasteiger charge is -1.94. The van der Waals surface area contributed by atoms with Gasteiger partial charge in [0.2, 0.25) is 5.91 Å². The first kappa shape index (κ1) is 37.2. The van der Waals surface area contributed by atoms with Gasteiger partial charge in [-0.1, -0.05) is 99.1 Å². The minimum atomic E-state index is -0.372.